The van der Waals surface area contributed by atoms with E-state index in [1.54, 1.807) is 6.92 Å². The first kappa shape index (κ1) is 14.8. The fourth-order valence-corrected chi connectivity index (χ4v) is 1.35. The van der Waals surface area contributed by atoms with Gasteiger partial charge in [-0.3, -0.25) is 0 Å². The van der Waals surface area contributed by atoms with E-state index in [0.717, 1.165) is 25.7 Å². The molecule has 0 spiro atoms. The number of nitrogens with zero attached hydrogens (tertiary/aromatic N) is 2. The standard InChI is InChI=1S/C11H20N2O3/c1-3-5-6-7-8-9(14)10(13-12)11(15)16-4-2/h9,14H,3-8H2,1-2H3. The summed E-state index contributed by atoms with van der Waals surface area (Å²) in [5.41, 5.74) is 8.32. The van der Waals surface area contributed by atoms with Crippen molar-refractivity contribution < 1.29 is 19.4 Å². The molecule has 0 aromatic rings. The third kappa shape index (κ3) is 5.63. The van der Waals surface area contributed by atoms with Crippen molar-refractivity contribution in [2.45, 2.75) is 52.1 Å². The van der Waals surface area contributed by atoms with Gasteiger partial charge in [-0.1, -0.05) is 32.6 Å². The SMILES string of the molecule is CCCCCCC(O)C(=[N+]=[N-])C(=O)OCC. The number of hydrogen-bond donors (Lipinski definition) is 1. The molecule has 0 radical (unpaired) electrons. The van der Waals surface area contributed by atoms with E-state index in [2.05, 4.69) is 16.5 Å². The normalized spacial score (nSPS) is 11.7. The van der Waals surface area contributed by atoms with Gasteiger partial charge in [0.25, 0.3) is 0 Å². The molecule has 0 aliphatic heterocycles. The molecule has 0 heterocycles. The molecule has 1 N–H and O–H groups in total. The van der Waals surface area contributed by atoms with Crippen LogP contribution in [0, 0.1) is 0 Å². The molecule has 92 valence electrons. The fourth-order valence-electron chi connectivity index (χ4n) is 1.35. The third-order valence-electron chi connectivity index (χ3n) is 2.24. The fraction of sp³-hybridized carbons (Fsp3) is 0.818. The van der Waals surface area contributed by atoms with Crippen molar-refractivity contribution >= 4 is 11.7 Å². The summed E-state index contributed by atoms with van der Waals surface area (Å²) in [4.78, 5) is 14.0. The second kappa shape index (κ2) is 9.07. The number of rotatable bonds is 8. The summed E-state index contributed by atoms with van der Waals surface area (Å²) < 4.78 is 4.65. The molecule has 0 amide bonds. The van der Waals surface area contributed by atoms with Crippen LogP contribution in [0.4, 0.5) is 0 Å². The van der Waals surface area contributed by atoms with Gasteiger partial charge in [-0.05, 0) is 13.3 Å². The van der Waals surface area contributed by atoms with Gasteiger partial charge in [-0.2, -0.15) is 4.79 Å². The lowest BCUT2D eigenvalue weighted by Gasteiger charge is -2.05. The minimum absolute atomic E-state index is 0.195. The van der Waals surface area contributed by atoms with Crippen molar-refractivity contribution in [1.29, 1.82) is 0 Å². The molecule has 0 aromatic heterocycles. The van der Waals surface area contributed by atoms with Gasteiger partial charge in [0, 0.05) is 0 Å². The zero-order chi connectivity index (χ0) is 12.4. The Kier molecular flexibility index (Phi) is 8.39. The van der Waals surface area contributed by atoms with Crippen LogP contribution in [-0.2, 0) is 9.53 Å². The van der Waals surface area contributed by atoms with Gasteiger partial charge in [-0.25, -0.2) is 4.79 Å². The Hall–Kier alpha value is -1.19. The van der Waals surface area contributed by atoms with E-state index in [-0.39, 0.29) is 12.3 Å². The monoisotopic (exact) mass is 228 g/mol. The number of esters is 1. The maximum absolute atomic E-state index is 11.2. The minimum Gasteiger partial charge on any atom is -0.457 e. The maximum atomic E-state index is 11.2. The molecule has 0 aliphatic carbocycles. The first-order valence-electron chi connectivity index (χ1n) is 5.74. The minimum atomic E-state index is -1.04. The van der Waals surface area contributed by atoms with E-state index in [1.165, 1.54) is 0 Å². The van der Waals surface area contributed by atoms with Crippen molar-refractivity contribution in [1.82, 2.24) is 0 Å². The number of ether oxygens (including phenoxy) is 1. The van der Waals surface area contributed by atoms with E-state index < -0.39 is 12.1 Å². The highest BCUT2D eigenvalue weighted by molar-refractivity contribution is 6.35. The largest absolute Gasteiger partial charge is 0.457 e. The van der Waals surface area contributed by atoms with Crippen molar-refractivity contribution in [3.63, 3.8) is 0 Å². The van der Waals surface area contributed by atoms with Crippen LogP contribution in [0.25, 0.3) is 5.53 Å². The molecule has 1 unspecified atom stereocenters. The smallest absolute Gasteiger partial charge is 0.419 e. The second-order valence-corrected chi connectivity index (χ2v) is 3.57. The van der Waals surface area contributed by atoms with Gasteiger partial charge < -0.3 is 15.4 Å². The summed E-state index contributed by atoms with van der Waals surface area (Å²) in [6.07, 6.45) is 3.37. The second-order valence-electron chi connectivity index (χ2n) is 3.57. The molecule has 0 aliphatic rings. The molecule has 0 saturated heterocycles. The van der Waals surface area contributed by atoms with Crippen LogP contribution >= 0.6 is 0 Å². The number of aliphatic hydroxyl groups excluding tert-OH is 1. The van der Waals surface area contributed by atoms with Gasteiger partial charge in [0.2, 0.25) is 0 Å². The van der Waals surface area contributed by atoms with E-state index in [1.807, 2.05) is 0 Å². The van der Waals surface area contributed by atoms with Gasteiger partial charge in [0.15, 0.2) is 6.10 Å². The molecule has 0 fully saturated rings. The number of carbonyl (C=O) groups excluding carboxylic acids is 1. The van der Waals surface area contributed by atoms with Crippen LogP contribution in [0.2, 0.25) is 0 Å². The van der Waals surface area contributed by atoms with Crippen molar-refractivity contribution in [3.05, 3.63) is 5.53 Å². The molecule has 0 aromatic carbocycles. The Morgan fingerprint density at radius 1 is 1.38 bits per heavy atom. The molecule has 5 nitrogen and oxygen atoms in total. The summed E-state index contributed by atoms with van der Waals surface area (Å²) in [7, 11) is 0. The van der Waals surface area contributed by atoms with Crippen molar-refractivity contribution in [2.75, 3.05) is 6.61 Å². The van der Waals surface area contributed by atoms with Gasteiger partial charge in [0.1, 0.15) is 0 Å². The predicted molar refractivity (Wildman–Crippen MR) is 60.0 cm³/mol. The van der Waals surface area contributed by atoms with Crippen LogP contribution in [0.3, 0.4) is 0 Å². The Bertz CT molecular complexity index is 260. The van der Waals surface area contributed by atoms with E-state index >= 15 is 0 Å². The number of carbonyl (C=O) groups is 1. The van der Waals surface area contributed by atoms with Crippen molar-refractivity contribution in [2.24, 2.45) is 0 Å². The third-order valence-corrected chi connectivity index (χ3v) is 2.24. The maximum Gasteiger partial charge on any atom is 0.419 e. The Labute approximate surface area is 96.0 Å². The lowest BCUT2D eigenvalue weighted by molar-refractivity contribution is -0.141. The van der Waals surface area contributed by atoms with E-state index in [9.17, 15) is 9.90 Å². The summed E-state index contributed by atoms with van der Waals surface area (Å²) in [6.45, 7) is 3.94. The van der Waals surface area contributed by atoms with Crippen LogP contribution < -0.4 is 0 Å². The lowest BCUT2D eigenvalue weighted by atomic mass is 10.1. The van der Waals surface area contributed by atoms with Crippen LogP contribution in [0.1, 0.15) is 46.0 Å². The average Bonchev–Trinajstić information content (AvgIpc) is 2.26. The molecule has 5 heteroatoms. The molecule has 16 heavy (non-hydrogen) atoms. The molecule has 0 bridgehead atoms. The zero-order valence-electron chi connectivity index (χ0n) is 9.98. The average molecular weight is 228 g/mol. The van der Waals surface area contributed by atoms with Crippen LogP contribution in [-0.4, -0.2) is 34.3 Å². The van der Waals surface area contributed by atoms with Gasteiger partial charge >= 0.3 is 11.7 Å². The molecular weight excluding hydrogens is 208 g/mol. The topological polar surface area (TPSA) is 82.9 Å². The number of hydrogen-bond acceptors (Lipinski definition) is 3. The summed E-state index contributed by atoms with van der Waals surface area (Å²) in [5, 5.41) is 9.61. The first-order chi connectivity index (χ1) is 7.67. The molecule has 0 saturated carbocycles. The molecular formula is C11H20N2O3. The lowest BCUT2D eigenvalue weighted by Crippen LogP contribution is -2.31. The van der Waals surface area contributed by atoms with Crippen molar-refractivity contribution in [3.8, 4) is 0 Å². The highest BCUT2D eigenvalue weighted by Crippen LogP contribution is 2.06. The quantitative estimate of drug-likeness (QED) is 0.225. The first-order valence-corrected chi connectivity index (χ1v) is 5.74. The van der Waals surface area contributed by atoms with E-state index in [0.29, 0.717) is 6.42 Å². The number of aliphatic hydroxyl groups is 1. The highest BCUT2D eigenvalue weighted by atomic mass is 16.5. The van der Waals surface area contributed by atoms with E-state index in [4.69, 9.17) is 5.53 Å². The Morgan fingerprint density at radius 2 is 2.06 bits per heavy atom. The summed E-state index contributed by atoms with van der Waals surface area (Å²) in [6, 6.07) is 0. The predicted octanol–water partition coefficient (Wildman–Crippen LogP) is 1.55. The number of unbranched alkanes of at least 4 members (excludes halogenated alkanes) is 3. The van der Waals surface area contributed by atoms with Crippen LogP contribution in [0.15, 0.2) is 0 Å². The summed E-state index contributed by atoms with van der Waals surface area (Å²) >= 11 is 0. The van der Waals surface area contributed by atoms with Crippen LogP contribution in [0.5, 0.6) is 0 Å². The molecule has 0 rings (SSSR count). The van der Waals surface area contributed by atoms with Gasteiger partial charge in [-0.15, -0.1) is 0 Å². The van der Waals surface area contributed by atoms with Gasteiger partial charge in [0.05, 0.1) is 6.61 Å². The zero-order valence-corrected chi connectivity index (χ0v) is 9.98. The molecule has 1 atom stereocenters. The Balaban J connectivity index is 4.07. The highest BCUT2D eigenvalue weighted by Gasteiger charge is 2.30. The Morgan fingerprint density at radius 3 is 2.56 bits per heavy atom. The summed E-state index contributed by atoms with van der Waals surface area (Å²) in [5.74, 6) is -0.756.